The molecular formula is C19H14N6O2S. The summed E-state index contributed by atoms with van der Waals surface area (Å²) in [7, 11) is 0. The van der Waals surface area contributed by atoms with Gasteiger partial charge >= 0.3 is 0 Å². The monoisotopic (exact) mass is 390 g/mol. The van der Waals surface area contributed by atoms with Crippen LogP contribution in [0.25, 0.3) is 38.6 Å². The summed E-state index contributed by atoms with van der Waals surface area (Å²) in [6, 6.07) is 7.70. The number of nitrogens with one attached hydrogen (secondary N) is 1. The van der Waals surface area contributed by atoms with Gasteiger partial charge in [0.2, 0.25) is 6.79 Å². The zero-order valence-corrected chi connectivity index (χ0v) is 15.9. The Morgan fingerprint density at radius 1 is 1.14 bits per heavy atom. The lowest BCUT2D eigenvalue weighted by molar-refractivity contribution is 0.174. The van der Waals surface area contributed by atoms with Crippen molar-refractivity contribution in [1.29, 1.82) is 0 Å². The van der Waals surface area contributed by atoms with Crippen molar-refractivity contribution in [3.8, 4) is 34.3 Å². The molecule has 5 aromatic rings. The Morgan fingerprint density at radius 2 is 2.04 bits per heavy atom. The lowest BCUT2D eigenvalue weighted by Crippen LogP contribution is -1.92. The first-order chi connectivity index (χ1) is 13.7. The van der Waals surface area contributed by atoms with Crippen molar-refractivity contribution < 1.29 is 9.47 Å². The fraction of sp³-hybridized carbons (Fsp3) is 0.158. The summed E-state index contributed by atoms with van der Waals surface area (Å²) in [5.74, 6) is 2.06. The van der Waals surface area contributed by atoms with Crippen LogP contribution in [0.5, 0.6) is 11.5 Å². The second kappa shape index (κ2) is 5.52. The summed E-state index contributed by atoms with van der Waals surface area (Å²) >= 11 is 1.68. The van der Waals surface area contributed by atoms with Gasteiger partial charge in [0.15, 0.2) is 23.0 Å². The summed E-state index contributed by atoms with van der Waals surface area (Å²) < 4.78 is 12.5. The first-order valence-corrected chi connectivity index (χ1v) is 9.56. The molecule has 0 atom stereocenters. The molecule has 9 heteroatoms. The summed E-state index contributed by atoms with van der Waals surface area (Å²) in [5, 5.41) is 13.1. The molecule has 138 valence electrons. The first-order valence-electron chi connectivity index (χ1n) is 8.74. The van der Waals surface area contributed by atoms with E-state index in [1.54, 1.807) is 22.2 Å². The van der Waals surface area contributed by atoms with Crippen LogP contribution in [0.1, 0.15) is 10.4 Å². The van der Waals surface area contributed by atoms with Crippen molar-refractivity contribution in [2.24, 2.45) is 0 Å². The van der Waals surface area contributed by atoms with E-state index in [2.05, 4.69) is 34.1 Å². The van der Waals surface area contributed by atoms with Gasteiger partial charge in [-0.1, -0.05) is 0 Å². The van der Waals surface area contributed by atoms with Gasteiger partial charge in [0.25, 0.3) is 0 Å². The number of fused-ring (bicyclic) bond motifs is 4. The third-order valence-electron chi connectivity index (χ3n) is 4.99. The largest absolute Gasteiger partial charge is 0.454 e. The maximum atomic E-state index is 5.45. The Kier molecular flexibility index (Phi) is 3.07. The van der Waals surface area contributed by atoms with Crippen LogP contribution < -0.4 is 9.47 Å². The molecule has 0 saturated carbocycles. The van der Waals surface area contributed by atoms with Crippen LogP contribution in [-0.2, 0) is 0 Å². The number of H-pyrrole nitrogens is 1. The van der Waals surface area contributed by atoms with Crippen molar-refractivity contribution in [1.82, 2.24) is 29.8 Å². The number of nitrogens with zero attached hydrogens (tertiary/aromatic N) is 5. The Bertz CT molecular complexity index is 1380. The minimum Gasteiger partial charge on any atom is -0.454 e. The zero-order valence-electron chi connectivity index (χ0n) is 15.1. The maximum absolute atomic E-state index is 5.45. The highest BCUT2D eigenvalue weighted by atomic mass is 32.1. The number of aromatic amines is 1. The Labute approximate surface area is 162 Å². The van der Waals surface area contributed by atoms with Crippen LogP contribution in [0.2, 0.25) is 0 Å². The molecule has 0 spiro atoms. The summed E-state index contributed by atoms with van der Waals surface area (Å²) in [6.45, 7) is 4.44. The molecule has 1 aliphatic heterocycles. The highest BCUT2D eigenvalue weighted by Gasteiger charge is 2.18. The Hall–Kier alpha value is -3.46. The number of hydrogen-bond donors (Lipinski definition) is 1. The molecule has 0 unspecified atom stereocenters. The molecule has 4 aromatic heterocycles. The minimum atomic E-state index is 0.250. The Morgan fingerprint density at radius 3 is 2.96 bits per heavy atom. The normalized spacial score (nSPS) is 13.1. The van der Waals surface area contributed by atoms with Crippen molar-refractivity contribution >= 4 is 27.2 Å². The van der Waals surface area contributed by atoms with Gasteiger partial charge < -0.3 is 9.47 Å². The van der Waals surface area contributed by atoms with Crippen molar-refractivity contribution in [2.75, 3.05) is 6.79 Å². The van der Waals surface area contributed by atoms with Gasteiger partial charge in [0.1, 0.15) is 16.9 Å². The van der Waals surface area contributed by atoms with Crippen molar-refractivity contribution in [2.45, 2.75) is 13.8 Å². The van der Waals surface area contributed by atoms with E-state index in [0.717, 1.165) is 44.3 Å². The number of rotatable bonds is 2. The SMILES string of the molecule is Cc1sc2ncn3nc(-c4cc(-c5ccc6c(c5)OCO6)n[nH]4)nc3c2c1C. The van der Waals surface area contributed by atoms with E-state index in [-0.39, 0.29) is 6.79 Å². The van der Waals surface area contributed by atoms with Crippen LogP contribution in [0, 0.1) is 13.8 Å². The van der Waals surface area contributed by atoms with Gasteiger partial charge in [-0.05, 0) is 43.7 Å². The van der Waals surface area contributed by atoms with Crippen LogP contribution in [-0.4, -0.2) is 36.6 Å². The third-order valence-corrected chi connectivity index (χ3v) is 6.11. The van der Waals surface area contributed by atoms with E-state index >= 15 is 0 Å². The summed E-state index contributed by atoms with van der Waals surface area (Å²) in [6.07, 6.45) is 1.71. The lowest BCUT2D eigenvalue weighted by Gasteiger charge is -1.98. The molecule has 0 radical (unpaired) electrons. The number of aromatic nitrogens is 6. The molecule has 0 fully saturated rings. The molecule has 0 bridgehead atoms. The molecular weight excluding hydrogens is 376 g/mol. The molecule has 0 amide bonds. The fourth-order valence-corrected chi connectivity index (χ4v) is 4.39. The van der Waals surface area contributed by atoms with Crippen LogP contribution >= 0.6 is 11.3 Å². The van der Waals surface area contributed by atoms with E-state index in [1.807, 2.05) is 24.3 Å². The molecule has 1 aliphatic rings. The second-order valence-electron chi connectivity index (χ2n) is 6.65. The quantitative estimate of drug-likeness (QED) is 0.494. The first kappa shape index (κ1) is 15.6. The number of hydrogen-bond acceptors (Lipinski definition) is 7. The van der Waals surface area contributed by atoms with Gasteiger partial charge in [0, 0.05) is 10.4 Å². The van der Waals surface area contributed by atoms with Crippen LogP contribution in [0.3, 0.4) is 0 Å². The highest BCUT2D eigenvalue weighted by Crippen LogP contribution is 2.36. The average molecular weight is 390 g/mol. The number of aryl methyl sites for hydroxylation is 2. The standard InChI is InChI=1S/C19H14N6O2S/c1-9-10(2)28-19-16(9)18-21-17(24-25(18)7-20-19)13-6-12(22-23-13)11-3-4-14-15(5-11)27-8-26-14/h3-7H,8H2,1-2H3,(H,22,23). The van der Waals surface area contributed by atoms with E-state index in [9.17, 15) is 0 Å². The topological polar surface area (TPSA) is 90.2 Å². The predicted octanol–water partition coefficient (Wildman–Crippen LogP) is 3.74. The predicted molar refractivity (Wildman–Crippen MR) is 105 cm³/mol. The van der Waals surface area contributed by atoms with Crippen molar-refractivity contribution in [3.63, 3.8) is 0 Å². The van der Waals surface area contributed by atoms with Gasteiger partial charge in [-0.3, -0.25) is 5.10 Å². The molecule has 1 N–H and O–H groups in total. The molecule has 0 saturated heterocycles. The van der Waals surface area contributed by atoms with Crippen LogP contribution in [0.15, 0.2) is 30.6 Å². The van der Waals surface area contributed by atoms with Gasteiger partial charge in [0.05, 0.1) is 11.1 Å². The molecule has 28 heavy (non-hydrogen) atoms. The highest BCUT2D eigenvalue weighted by molar-refractivity contribution is 7.18. The minimum absolute atomic E-state index is 0.250. The van der Waals surface area contributed by atoms with E-state index in [4.69, 9.17) is 14.5 Å². The maximum Gasteiger partial charge on any atom is 0.231 e. The number of benzene rings is 1. The van der Waals surface area contributed by atoms with E-state index in [0.29, 0.717) is 5.82 Å². The average Bonchev–Trinajstić information content (AvgIpc) is 3.47. The van der Waals surface area contributed by atoms with E-state index in [1.165, 1.54) is 10.4 Å². The zero-order chi connectivity index (χ0) is 18.8. The van der Waals surface area contributed by atoms with Crippen LogP contribution in [0.4, 0.5) is 0 Å². The molecule has 1 aromatic carbocycles. The number of thiophene rings is 1. The summed E-state index contributed by atoms with van der Waals surface area (Å²) in [5.41, 5.74) is 4.47. The molecule has 8 nitrogen and oxygen atoms in total. The summed E-state index contributed by atoms with van der Waals surface area (Å²) in [4.78, 5) is 11.5. The van der Waals surface area contributed by atoms with Crippen molar-refractivity contribution in [3.05, 3.63) is 41.0 Å². The molecule has 0 aliphatic carbocycles. The lowest BCUT2D eigenvalue weighted by atomic mass is 10.1. The third kappa shape index (κ3) is 2.16. The fourth-order valence-electron chi connectivity index (χ4n) is 3.40. The van der Waals surface area contributed by atoms with Gasteiger partial charge in [-0.15, -0.1) is 16.4 Å². The molecule has 5 heterocycles. The van der Waals surface area contributed by atoms with Gasteiger partial charge in [-0.25, -0.2) is 14.5 Å². The molecule has 6 rings (SSSR count). The second-order valence-corrected chi connectivity index (χ2v) is 7.85. The van der Waals surface area contributed by atoms with E-state index < -0.39 is 0 Å². The van der Waals surface area contributed by atoms with Gasteiger partial charge in [-0.2, -0.15) is 5.10 Å². The Balaban J connectivity index is 1.45. The number of ether oxygens (including phenoxy) is 2. The smallest absolute Gasteiger partial charge is 0.231 e.